The van der Waals surface area contributed by atoms with Gasteiger partial charge in [-0.3, -0.25) is 9.59 Å². The third-order valence-electron chi connectivity index (χ3n) is 5.22. The van der Waals surface area contributed by atoms with E-state index in [1.54, 1.807) is 20.8 Å². The third kappa shape index (κ3) is 4.02. The van der Waals surface area contributed by atoms with Crippen LogP contribution in [0.3, 0.4) is 0 Å². The van der Waals surface area contributed by atoms with Gasteiger partial charge in [-0.2, -0.15) is 0 Å². The van der Waals surface area contributed by atoms with Crippen molar-refractivity contribution < 1.29 is 19.1 Å². The molecule has 0 radical (unpaired) electrons. The van der Waals surface area contributed by atoms with Gasteiger partial charge in [0.2, 0.25) is 0 Å². The summed E-state index contributed by atoms with van der Waals surface area (Å²) in [6.07, 6.45) is 0. The lowest BCUT2D eigenvalue weighted by atomic mass is 9.69. The van der Waals surface area contributed by atoms with E-state index in [-0.39, 0.29) is 13.2 Å². The van der Waals surface area contributed by atoms with Gasteiger partial charge in [0.1, 0.15) is 0 Å². The largest absolute Gasteiger partial charge is 0.465 e. The molecule has 0 N–H and O–H groups in total. The van der Waals surface area contributed by atoms with Crippen LogP contribution in [0.1, 0.15) is 37.8 Å². The summed E-state index contributed by atoms with van der Waals surface area (Å²) < 4.78 is 10.7. The van der Waals surface area contributed by atoms with Gasteiger partial charge in [0.05, 0.1) is 13.2 Å². The highest BCUT2D eigenvalue weighted by Gasteiger charge is 2.52. The Morgan fingerprint density at radius 3 is 1.90 bits per heavy atom. The molecule has 0 saturated heterocycles. The fourth-order valence-electron chi connectivity index (χ4n) is 3.77. The molecule has 3 rings (SSSR count). The van der Waals surface area contributed by atoms with Crippen molar-refractivity contribution in [2.24, 2.45) is 5.41 Å². The summed E-state index contributed by atoms with van der Waals surface area (Å²) in [7, 11) is 0. The highest BCUT2D eigenvalue weighted by molar-refractivity contribution is 6.01. The van der Waals surface area contributed by atoms with Crippen molar-refractivity contribution in [1.82, 2.24) is 0 Å². The number of benzene rings is 3. The van der Waals surface area contributed by atoms with Gasteiger partial charge in [-0.25, -0.2) is 0 Å². The molecule has 0 aliphatic carbocycles. The summed E-state index contributed by atoms with van der Waals surface area (Å²) in [5.41, 5.74) is 0.195. The average molecular weight is 390 g/mol. The Balaban J connectivity index is 2.24. The minimum absolute atomic E-state index is 0.188. The van der Waals surface area contributed by atoms with Gasteiger partial charge in [0.15, 0.2) is 5.41 Å². The Morgan fingerprint density at radius 2 is 1.31 bits per heavy atom. The van der Waals surface area contributed by atoms with Crippen LogP contribution in [-0.2, 0) is 19.1 Å². The number of fused-ring (bicyclic) bond motifs is 1. The maximum Gasteiger partial charge on any atom is 0.324 e. The second kappa shape index (κ2) is 8.91. The first kappa shape index (κ1) is 20.6. The van der Waals surface area contributed by atoms with E-state index < -0.39 is 23.3 Å². The molecule has 0 saturated carbocycles. The highest BCUT2D eigenvalue weighted by Crippen LogP contribution is 2.44. The number of hydrogen-bond acceptors (Lipinski definition) is 4. The SMILES string of the molecule is CCOC(=O)C(C)(C(=O)OCC)[C@H](c1ccccc1)c1ccc2ccccc2c1. The van der Waals surface area contributed by atoms with Gasteiger partial charge in [-0.05, 0) is 42.7 Å². The van der Waals surface area contributed by atoms with E-state index in [1.807, 2.05) is 72.8 Å². The van der Waals surface area contributed by atoms with E-state index in [9.17, 15) is 9.59 Å². The van der Waals surface area contributed by atoms with Gasteiger partial charge in [0, 0.05) is 5.92 Å². The van der Waals surface area contributed by atoms with Crippen LogP contribution in [0.5, 0.6) is 0 Å². The molecule has 0 aliphatic heterocycles. The number of esters is 2. The van der Waals surface area contributed by atoms with Gasteiger partial charge >= 0.3 is 11.9 Å². The van der Waals surface area contributed by atoms with Gasteiger partial charge < -0.3 is 9.47 Å². The number of carbonyl (C=O) groups is 2. The number of carbonyl (C=O) groups excluding carboxylic acids is 2. The predicted octanol–water partition coefficient (Wildman–Crippen LogP) is 5.10. The van der Waals surface area contributed by atoms with E-state index in [4.69, 9.17) is 9.47 Å². The smallest absolute Gasteiger partial charge is 0.324 e. The van der Waals surface area contributed by atoms with E-state index in [0.717, 1.165) is 21.9 Å². The van der Waals surface area contributed by atoms with Crippen LogP contribution < -0.4 is 0 Å². The number of ether oxygens (including phenoxy) is 2. The topological polar surface area (TPSA) is 52.6 Å². The van der Waals surface area contributed by atoms with Gasteiger partial charge in [-0.15, -0.1) is 0 Å². The molecule has 3 aromatic carbocycles. The van der Waals surface area contributed by atoms with Crippen LogP contribution >= 0.6 is 0 Å². The first-order valence-corrected chi connectivity index (χ1v) is 9.90. The van der Waals surface area contributed by atoms with E-state index in [0.29, 0.717) is 0 Å². The van der Waals surface area contributed by atoms with Crippen LogP contribution in [0.4, 0.5) is 0 Å². The first-order chi connectivity index (χ1) is 14.0. The maximum atomic E-state index is 13.1. The van der Waals surface area contributed by atoms with E-state index in [2.05, 4.69) is 0 Å². The molecule has 0 spiro atoms. The molecular weight excluding hydrogens is 364 g/mol. The maximum absolute atomic E-state index is 13.1. The minimum Gasteiger partial charge on any atom is -0.465 e. The molecule has 4 heteroatoms. The zero-order valence-corrected chi connectivity index (χ0v) is 17.1. The summed E-state index contributed by atoms with van der Waals surface area (Å²) in [4.78, 5) is 26.2. The normalized spacial score (nSPS) is 12.4. The lowest BCUT2D eigenvalue weighted by Gasteiger charge is -2.34. The number of rotatable bonds is 7. The Morgan fingerprint density at radius 1 is 0.759 bits per heavy atom. The molecule has 29 heavy (non-hydrogen) atoms. The summed E-state index contributed by atoms with van der Waals surface area (Å²) in [6.45, 7) is 5.46. The quantitative estimate of drug-likeness (QED) is 0.416. The zero-order valence-electron chi connectivity index (χ0n) is 17.1. The molecule has 150 valence electrons. The van der Waals surface area contributed by atoms with Crippen LogP contribution in [0.15, 0.2) is 72.8 Å². The second-order valence-corrected chi connectivity index (χ2v) is 7.09. The highest BCUT2D eigenvalue weighted by atomic mass is 16.6. The molecular formula is C25H26O4. The lowest BCUT2D eigenvalue weighted by Crippen LogP contribution is -2.45. The van der Waals surface area contributed by atoms with Crippen LogP contribution in [0, 0.1) is 5.41 Å². The molecule has 0 unspecified atom stereocenters. The Bertz CT molecular complexity index is 976. The summed E-state index contributed by atoms with van der Waals surface area (Å²) in [5.74, 6) is -1.72. The second-order valence-electron chi connectivity index (χ2n) is 7.09. The Labute approximate surface area is 171 Å². The monoisotopic (exact) mass is 390 g/mol. The van der Waals surface area contributed by atoms with Crippen molar-refractivity contribution in [1.29, 1.82) is 0 Å². The standard InChI is InChI=1S/C25H26O4/c1-4-28-23(26)25(3,24(27)29-5-2)22(19-12-7-6-8-13-19)21-16-15-18-11-9-10-14-20(18)17-21/h6-17,22H,4-5H2,1-3H3/t22-/m1/s1. The molecule has 4 nitrogen and oxygen atoms in total. The summed E-state index contributed by atoms with van der Waals surface area (Å²) in [6, 6.07) is 23.6. The number of hydrogen-bond donors (Lipinski definition) is 0. The Hall–Kier alpha value is -3.14. The zero-order chi connectivity index (χ0) is 20.9. The van der Waals surface area contributed by atoms with Crippen molar-refractivity contribution >= 4 is 22.7 Å². The molecule has 0 aliphatic rings. The fraction of sp³-hybridized carbons (Fsp3) is 0.280. The molecule has 1 atom stereocenters. The van der Waals surface area contributed by atoms with Crippen molar-refractivity contribution in [3.63, 3.8) is 0 Å². The van der Waals surface area contributed by atoms with Crippen molar-refractivity contribution in [3.05, 3.63) is 83.9 Å². The van der Waals surface area contributed by atoms with Crippen LogP contribution in [0.2, 0.25) is 0 Å². The minimum atomic E-state index is -1.52. The third-order valence-corrected chi connectivity index (χ3v) is 5.22. The molecule has 3 aromatic rings. The van der Waals surface area contributed by atoms with Crippen LogP contribution in [-0.4, -0.2) is 25.2 Å². The lowest BCUT2D eigenvalue weighted by molar-refractivity contribution is -0.171. The predicted molar refractivity (Wildman–Crippen MR) is 114 cm³/mol. The van der Waals surface area contributed by atoms with Gasteiger partial charge in [-0.1, -0.05) is 72.8 Å². The van der Waals surface area contributed by atoms with Crippen molar-refractivity contribution in [2.75, 3.05) is 13.2 Å². The van der Waals surface area contributed by atoms with Gasteiger partial charge in [0.25, 0.3) is 0 Å². The summed E-state index contributed by atoms with van der Waals surface area (Å²) in [5, 5.41) is 2.14. The van der Waals surface area contributed by atoms with E-state index in [1.165, 1.54) is 0 Å². The molecule has 0 aromatic heterocycles. The van der Waals surface area contributed by atoms with Crippen LogP contribution in [0.25, 0.3) is 10.8 Å². The summed E-state index contributed by atoms with van der Waals surface area (Å²) >= 11 is 0. The first-order valence-electron chi connectivity index (χ1n) is 9.90. The van der Waals surface area contributed by atoms with E-state index >= 15 is 0 Å². The Kier molecular flexibility index (Phi) is 6.32. The molecule has 0 amide bonds. The fourth-order valence-corrected chi connectivity index (χ4v) is 3.77. The average Bonchev–Trinajstić information content (AvgIpc) is 2.74. The van der Waals surface area contributed by atoms with Crippen molar-refractivity contribution in [2.45, 2.75) is 26.7 Å². The van der Waals surface area contributed by atoms with Crippen molar-refractivity contribution in [3.8, 4) is 0 Å². The molecule has 0 heterocycles. The molecule has 0 fully saturated rings. The molecule has 0 bridgehead atoms.